The molecule has 1 heterocycles. The number of ether oxygens (including phenoxy) is 1. The quantitative estimate of drug-likeness (QED) is 0.789. The Bertz CT molecular complexity index is 205. The third-order valence-electron chi connectivity index (χ3n) is 2.91. The van der Waals surface area contributed by atoms with Gasteiger partial charge >= 0.3 is 6.18 Å². The van der Waals surface area contributed by atoms with E-state index < -0.39 is 18.8 Å². The molecule has 0 aliphatic carbocycles. The lowest BCUT2D eigenvalue weighted by Crippen LogP contribution is -2.52. The van der Waals surface area contributed by atoms with Gasteiger partial charge in [-0.1, -0.05) is 6.92 Å². The maximum absolute atomic E-state index is 12.7. The Morgan fingerprint density at radius 3 is 2.56 bits per heavy atom. The number of nitrogens with zero attached hydrogens (tertiary/aromatic N) is 1. The zero-order valence-electron chi connectivity index (χ0n) is 9.46. The molecular weight excluding hydrogens is 221 g/mol. The molecule has 3 nitrogen and oxygen atoms in total. The van der Waals surface area contributed by atoms with E-state index in [0.717, 1.165) is 12.8 Å². The van der Waals surface area contributed by atoms with E-state index in [1.807, 2.05) is 0 Å². The second-order valence-corrected chi connectivity index (χ2v) is 4.02. The van der Waals surface area contributed by atoms with Crippen molar-refractivity contribution in [3.63, 3.8) is 0 Å². The zero-order valence-corrected chi connectivity index (χ0v) is 9.46. The van der Waals surface area contributed by atoms with Crippen molar-refractivity contribution in [3.05, 3.63) is 0 Å². The van der Waals surface area contributed by atoms with Crippen molar-refractivity contribution in [3.8, 4) is 0 Å². The first kappa shape index (κ1) is 13.7. The van der Waals surface area contributed by atoms with Gasteiger partial charge < -0.3 is 10.5 Å². The molecule has 16 heavy (non-hydrogen) atoms. The molecule has 1 fully saturated rings. The summed E-state index contributed by atoms with van der Waals surface area (Å²) in [4.78, 5) is 1.36. The first-order valence-electron chi connectivity index (χ1n) is 5.61. The summed E-state index contributed by atoms with van der Waals surface area (Å²) in [6.45, 7) is 2.62. The summed E-state index contributed by atoms with van der Waals surface area (Å²) in [5.41, 5.74) is 5.21. The minimum atomic E-state index is -4.26. The van der Waals surface area contributed by atoms with E-state index in [0.29, 0.717) is 19.7 Å². The van der Waals surface area contributed by atoms with Crippen LogP contribution in [0.5, 0.6) is 0 Å². The molecule has 1 aliphatic heterocycles. The molecule has 0 amide bonds. The van der Waals surface area contributed by atoms with Gasteiger partial charge in [0, 0.05) is 19.7 Å². The molecule has 0 saturated carbocycles. The lowest BCUT2D eigenvalue weighted by Gasteiger charge is -2.32. The highest BCUT2D eigenvalue weighted by molar-refractivity contribution is 4.82. The topological polar surface area (TPSA) is 38.5 Å². The Kier molecular flexibility index (Phi) is 5.01. The molecular formula is C10H19F3N2O. The summed E-state index contributed by atoms with van der Waals surface area (Å²) >= 11 is 0. The van der Waals surface area contributed by atoms with E-state index in [4.69, 9.17) is 10.5 Å². The molecule has 0 spiro atoms. The number of nitrogens with two attached hydrogens (primary N) is 1. The third kappa shape index (κ3) is 3.61. The molecule has 6 heteroatoms. The summed E-state index contributed by atoms with van der Waals surface area (Å²) in [7, 11) is 0. The van der Waals surface area contributed by atoms with E-state index in [2.05, 4.69) is 0 Å². The predicted molar refractivity (Wildman–Crippen MR) is 55.1 cm³/mol. The maximum Gasteiger partial charge on any atom is 0.405 e. The van der Waals surface area contributed by atoms with Gasteiger partial charge in [-0.3, -0.25) is 4.90 Å². The minimum absolute atomic E-state index is 0.0728. The van der Waals surface area contributed by atoms with Gasteiger partial charge in [0.1, 0.15) is 6.04 Å². The van der Waals surface area contributed by atoms with E-state index >= 15 is 0 Å². The molecule has 1 saturated heterocycles. The molecule has 0 aromatic rings. The van der Waals surface area contributed by atoms with Gasteiger partial charge in [-0.05, 0) is 19.4 Å². The van der Waals surface area contributed by atoms with E-state index in [9.17, 15) is 13.2 Å². The maximum atomic E-state index is 12.7. The van der Waals surface area contributed by atoms with Crippen LogP contribution in [0.25, 0.3) is 0 Å². The summed E-state index contributed by atoms with van der Waals surface area (Å²) in [6, 6.07) is -1.55. The van der Waals surface area contributed by atoms with Gasteiger partial charge in [0.2, 0.25) is 0 Å². The summed E-state index contributed by atoms with van der Waals surface area (Å²) in [5, 5.41) is 0. The number of hydrogen-bond donors (Lipinski definition) is 1. The molecule has 1 aliphatic rings. The average molecular weight is 240 g/mol. The van der Waals surface area contributed by atoms with Crippen LogP contribution in [0.1, 0.15) is 19.8 Å². The van der Waals surface area contributed by atoms with Crippen LogP contribution in [0.3, 0.4) is 0 Å². The summed E-state index contributed by atoms with van der Waals surface area (Å²) in [5.74, 6) is 0. The fraction of sp³-hybridized carbons (Fsp3) is 1.00. The second kappa shape index (κ2) is 5.84. The highest BCUT2D eigenvalue weighted by Crippen LogP contribution is 2.25. The molecule has 1 rings (SSSR count). The first-order valence-corrected chi connectivity index (χ1v) is 5.61. The zero-order chi connectivity index (χ0) is 12.2. The van der Waals surface area contributed by atoms with Crippen molar-refractivity contribution in [1.29, 1.82) is 0 Å². The molecule has 0 aromatic carbocycles. The van der Waals surface area contributed by atoms with Crippen LogP contribution >= 0.6 is 0 Å². The number of hydrogen-bond acceptors (Lipinski definition) is 3. The SMILES string of the molecule is CCN(CC1CCCO1)C(CN)C(F)(F)F. The van der Waals surface area contributed by atoms with Crippen LogP contribution in [0.15, 0.2) is 0 Å². The third-order valence-corrected chi connectivity index (χ3v) is 2.91. The number of rotatable bonds is 5. The largest absolute Gasteiger partial charge is 0.405 e. The highest BCUT2D eigenvalue weighted by atomic mass is 19.4. The number of alkyl halides is 3. The Morgan fingerprint density at radius 1 is 1.50 bits per heavy atom. The van der Waals surface area contributed by atoms with Crippen LogP contribution < -0.4 is 5.73 Å². The van der Waals surface area contributed by atoms with Crippen LogP contribution in [0.4, 0.5) is 13.2 Å². The number of halogens is 3. The summed E-state index contributed by atoms with van der Waals surface area (Å²) in [6.07, 6.45) is -2.56. The lowest BCUT2D eigenvalue weighted by atomic mass is 10.2. The predicted octanol–water partition coefficient (Wildman–Crippen LogP) is 1.38. The lowest BCUT2D eigenvalue weighted by molar-refractivity contribution is -0.183. The Balaban J connectivity index is 2.56. The fourth-order valence-electron chi connectivity index (χ4n) is 2.02. The van der Waals surface area contributed by atoms with Gasteiger partial charge in [0.05, 0.1) is 6.10 Å². The van der Waals surface area contributed by atoms with Crippen LogP contribution in [-0.2, 0) is 4.74 Å². The van der Waals surface area contributed by atoms with Gasteiger partial charge in [-0.25, -0.2) is 0 Å². The fourth-order valence-corrected chi connectivity index (χ4v) is 2.02. The van der Waals surface area contributed by atoms with Gasteiger partial charge in [-0.15, -0.1) is 0 Å². The van der Waals surface area contributed by atoms with E-state index in [1.165, 1.54) is 4.90 Å². The van der Waals surface area contributed by atoms with Gasteiger partial charge in [-0.2, -0.15) is 13.2 Å². The highest BCUT2D eigenvalue weighted by Gasteiger charge is 2.42. The molecule has 96 valence electrons. The van der Waals surface area contributed by atoms with E-state index in [-0.39, 0.29) is 6.10 Å². The molecule has 2 unspecified atom stereocenters. The standard InChI is InChI=1S/C10H19F3N2O/c1-2-15(7-8-4-3-5-16-8)9(6-14)10(11,12)13/h8-9H,2-7,14H2,1H3. The average Bonchev–Trinajstić information content (AvgIpc) is 2.67. The first-order chi connectivity index (χ1) is 7.49. The molecule has 0 radical (unpaired) electrons. The van der Waals surface area contributed by atoms with Crippen molar-refractivity contribution < 1.29 is 17.9 Å². The summed E-state index contributed by atoms with van der Waals surface area (Å²) < 4.78 is 43.3. The Morgan fingerprint density at radius 2 is 2.19 bits per heavy atom. The van der Waals surface area contributed by atoms with Crippen molar-refractivity contribution >= 4 is 0 Å². The Labute approximate surface area is 93.7 Å². The second-order valence-electron chi connectivity index (χ2n) is 4.02. The van der Waals surface area contributed by atoms with Crippen LogP contribution in [0.2, 0.25) is 0 Å². The molecule has 0 bridgehead atoms. The Hall–Kier alpha value is -0.330. The number of likely N-dealkylation sites (N-methyl/N-ethyl adjacent to an activating group) is 1. The van der Waals surface area contributed by atoms with Gasteiger partial charge in [0.25, 0.3) is 0 Å². The molecule has 2 N–H and O–H groups in total. The monoisotopic (exact) mass is 240 g/mol. The van der Waals surface area contributed by atoms with Crippen molar-refractivity contribution in [1.82, 2.24) is 4.90 Å². The van der Waals surface area contributed by atoms with E-state index in [1.54, 1.807) is 6.92 Å². The molecule has 0 aromatic heterocycles. The van der Waals surface area contributed by atoms with Crippen molar-refractivity contribution in [2.75, 3.05) is 26.2 Å². The molecule has 2 atom stereocenters. The smallest absolute Gasteiger partial charge is 0.377 e. The minimum Gasteiger partial charge on any atom is -0.377 e. The van der Waals surface area contributed by atoms with Crippen LogP contribution in [0, 0.1) is 0 Å². The van der Waals surface area contributed by atoms with Gasteiger partial charge in [0.15, 0.2) is 0 Å². The normalized spacial score (nSPS) is 24.0. The van der Waals surface area contributed by atoms with Crippen molar-refractivity contribution in [2.45, 2.75) is 38.1 Å². The van der Waals surface area contributed by atoms with Crippen LogP contribution in [-0.4, -0.2) is 49.5 Å². The van der Waals surface area contributed by atoms with Crippen molar-refractivity contribution in [2.24, 2.45) is 5.73 Å².